The Morgan fingerprint density at radius 2 is 1.28 bits per heavy atom. The van der Waals surface area contributed by atoms with Crippen molar-refractivity contribution >= 4 is 22.7 Å². The fraction of sp³-hybridized carbons (Fsp3) is 0.500. The monoisotopic (exact) mass is 282 g/mol. The Morgan fingerprint density at radius 3 is 1.67 bits per heavy atom. The van der Waals surface area contributed by atoms with E-state index in [2.05, 4.69) is 20.7 Å². The zero-order valence-corrected chi connectivity index (χ0v) is 11.9. The molecule has 0 radical (unpaired) electrons. The molecule has 2 rings (SSSR count). The third-order valence-corrected chi connectivity index (χ3v) is 4.37. The SMILES string of the molecule is NCCCc1nc(-c2csc(CCCN)n2)cs1. The van der Waals surface area contributed by atoms with E-state index in [0.717, 1.165) is 60.2 Å². The lowest BCUT2D eigenvalue weighted by molar-refractivity contribution is 0.824. The number of thiazole rings is 2. The van der Waals surface area contributed by atoms with Gasteiger partial charge in [-0.2, -0.15) is 0 Å². The second-order valence-corrected chi connectivity index (χ2v) is 5.92. The minimum atomic E-state index is 0.717. The molecule has 18 heavy (non-hydrogen) atoms. The number of rotatable bonds is 7. The normalized spacial score (nSPS) is 11.0. The van der Waals surface area contributed by atoms with Gasteiger partial charge in [-0.25, -0.2) is 9.97 Å². The first-order valence-electron chi connectivity index (χ1n) is 6.13. The summed E-state index contributed by atoms with van der Waals surface area (Å²) < 4.78 is 0. The molecule has 0 spiro atoms. The summed E-state index contributed by atoms with van der Waals surface area (Å²) in [6.45, 7) is 1.43. The second kappa shape index (κ2) is 6.94. The Hall–Kier alpha value is -0.820. The van der Waals surface area contributed by atoms with Crippen molar-refractivity contribution in [3.05, 3.63) is 20.8 Å². The topological polar surface area (TPSA) is 77.8 Å². The van der Waals surface area contributed by atoms with Gasteiger partial charge in [0.05, 0.1) is 10.0 Å². The smallest absolute Gasteiger partial charge is 0.101 e. The highest BCUT2D eigenvalue weighted by atomic mass is 32.1. The van der Waals surface area contributed by atoms with Crippen LogP contribution in [0.3, 0.4) is 0 Å². The Morgan fingerprint density at radius 1 is 0.833 bits per heavy atom. The third kappa shape index (κ3) is 3.58. The van der Waals surface area contributed by atoms with Gasteiger partial charge in [0.25, 0.3) is 0 Å². The molecule has 2 heterocycles. The molecular formula is C12H18N4S2. The molecule has 4 nitrogen and oxygen atoms in total. The molecule has 0 aliphatic heterocycles. The largest absolute Gasteiger partial charge is 0.330 e. The summed E-state index contributed by atoms with van der Waals surface area (Å²) in [5.74, 6) is 0. The maximum Gasteiger partial charge on any atom is 0.101 e. The van der Waals surface area contributed by atoms with E-state index in [1.807, 2.05) is 0 Å². The molecule has 0 atom stereocenters. The number of hydrogen-bond acceptors (Lipinski definition) is 6. The maximum absolute atomic E-state index is 5.50. The fourth-order valence-corrected chi connectivity index (χ4v) is 3.26. The van der Waals surface area contributed by atoms with Crippen LogP contribution in [0.25, 0.3) is 11.4 Å². The molecule has 98 valence electrons. The van der Waals surface area contributed by atoms with Gasteiger partial charge in [0.2, 0.25) is 0 Å². The van der Waals surface area contributed by atoms with Crippen LogP contribution in [0.1, 0.15) is 22.9 Å². The minimum Gasteiger partial charge on any atom is -0.330 e. The maximum atomic E-state index is 5.50. The number of aromatic nitrogens is 2. The van der Waals surface area contributed by atoms with Crippen molar-refractivity contribution in [3.8, 4) is 11.4 Å². The van der Waals surface area contributed by atoms with E-state index in [1.54, 1.807) is 22.7 Å². The molecule has 0 bridgehead atoms. The van der Waals surface area contributed by atoms with Gasteiger partial charge in [-0.3, -0.25) is 0 Å². The van der Waals surface area contributed by atoms with Crippen molar-refractivity contribution in [2.24, 2.45) is 11.5 Å². The van der Waals surface area contributed by atoms with E-state index in [1.165, 1.54) is 0 Å². The van der Waals surface area contributed by atoms with Gasteiger partial charge >= 0.3 is 0 Å². The standard InChI is InChI=1S/C12H18N4S2/c13-5-1-3-11-15-9(7-17-11)10-8-18-12(16-10)4-2-6-14/h7-8H,1-6,13-14H2. The van der Waals surface area contributed by atoms with E-state index >= 15 is 0 Å². The molecule has 4 N–H and O–H groups in total. The molecule has 0 aliphatic carbocycles. The van der Waals surface area contributed by atoms with E-state index in [-0.39, 0.29) is 0 Å². The summed E-state index contributed by atoms with van der Waals surface area (Å²) in [5, 5.41) is 6.44. The van der Waals surface area contributed by atoms with Crippen LogP contribution < -0.4 is 11.5 Å². The first-order chi connectivity index (χ1) is 8.83. The summed E-state index contributed by atoms with van der Waals surface area (Å²) in [6, 6.07) is 0. The van der Waals surface area contributed by atoms with Crippen molar-refractivity contribution in [1.82, 2.24) is 9.97 Å². The van der Waals surface area contributed by atoms with Crippen LogP contribution in [-0.4, -0.2) is 23.1 Å². The van der Waals surface area contributed by atoms with Crippen LogP contribution in [0.15, 0.2) is 10.8 Å². The Bertz CT molecular complexity index is 434. The Balaban J connectivity index is 2.01. The molecule has 0 unspecified atom stereocenters. The number of aryl methyl sites for hydroxylation is 2. The molecule has 0 saturated heterocycles. The van der Waals surface area contributed by atoms with Gasteiger partial charge in [-0.15, -0.1) is 22.7 Å². The molecule has 0 fully saturated rings. The fourth-order valence-electron chi connectivity index (χ4n) is 1.59. The van der Waals surface area contributed by atoms with Crippen molar-refractivity contribution < 1.29 is 0 Å². The van der Waals surface area contributed by atoms with Gasteiger partial charge in [-0.1, -0.05) is 0 Å². The molecule has 0 amide bonds. The van der Waals surface area contributed by atoms with Crippen molar-refractivity contribution in [2.75, 3.05) is 13.1 Å². The van der Waals surface area contributed by atoms with Gasteiger partial charge in [0.15, 0.2) is 0 Å². The zero-order chi connectivity index (χ0) is 12.8. The number of nitrogens with zero attached hydrogens (tertiary/aromatic N) is 2. The summed E-state index contributed by atoms with van der Waals surface area (Å²) in [4.78, 5) is 9.19. The number of nitrogens with two attached hydrogens (primary N) is 2. The summed E-state index contributed by atoms with van der Waals surface area (Å²) in [6.07, 6.45) is 3.91. The molecule has 6 heteroatoms. The zero-order valence-electron chi connectivity index (χ0n) is 10.3. The van der Waals surface area contributed by atoms with Crippen LogP contribution in [0.4, 0.5) is 0 Å². The lowest BCUT2D eigenvalue weighted by Crippen LogP contribution is -2.00. The average Bonchev–Trinajstić information content (AvgIpc) is 3.02. The van der Waals surface area contributed by atoms with Crippen LogP contribution in [0.5, 0.6) is 0 Å². The van der Waals surface area contributed by atoms with Crippen molar-refractivity contribution in [1.29, 1.82) is 0 Å². The second-order valence-electron chi connectivity index (χ2n) is 4.04. The minimum absolute atomic E-state index is 0.717. The quantitative estimate of drug-likeness (QED) is 0.814. The molecule has 2 aromatic rings. The Kier molecular flexibility index (Phi) is 5.25. The lowest BCUT2D eigenvalue weighted by Gasteiger charge is -1.93. The first kappa shape index (κ1) is 13.6. The third-order valence-electron chi connectivity index (χ3n) is 2.56. The van der Waals surface area contributed by atoms with E-state index in [4.69, 9.17) is 11.5 Å². The predicted molar refractivity (Wildman–Crippen MR) is 78.0 cm³/mol. The van der Waals surface area contributed by atoms with Crippen LogP contribution in [0, 0.1) is 0 Å². The highest BCUT2D eigenvalue weighted by Crippen LogP contribution is 2.24. The highest BCUT2D eigenvalue weighted by molar-refractivity contribution is 7.10. The van der Waals surface area contributed by atoms with Crippen molar-refractivity contribution in [2.45, 2.75) is 25.7 Å². The molecular weight excluding hydrogens is 264 g/mol. The van der Waals surface area contributed by atoms with Gasteiger partial charge in [-0.05, 0) is 25.9 Å². The Labute approximate surface area is 115 Å². The average molecular weight is 282 g/mol. The highest BCUT2D eigenvalue weighted by Gasteiger charge is 2.08. The van der Waals surface area contributed by atoms with Gasteiger partial charge < -0.3 is 11.5 Å². The van der Waals surface area contributed by atoms with E-state index in [9.17, 15) is 0 Å². The molecule has 2 aromatic heterocycles. The molecule has 0 aromatic carbocycles. The van der Waals surface area contributed by atoms with Gasteiger partial charge in [0, 0.05) is 23.6 Å². The van der Waals surface area contributed by atoms with Crippen molar-refractivity contribution in [3.63, 3.8) is 0 Å². The summed E-state index contributed by atoms with van der Waals surface area (Å²) in [7, 11) is 0. The summed E-state index contributed by atoms with van der Waals surface area (Å²) in [5.41, 5.74) is 13.0. The molecule has 0 aliphatic rings. The first-order valence-corrected chi connectivity index (χ1v) is 7.88. The lowest BCUT2D eigenvalue weighted by atomic mass is 10.3. The van der Waals surface area contributed by atoms with Gasteiger partial charge in [0.1, 0.15) is 11.4 Å². The predicted octanol–water partition coefficient (Wildman–Crippen LogP) is 2.05. The number of hydrogen-bond donors (Lipinski definition) is 2. The summed E-state index contributed by atoms with van der Waals surface area (Å²) >= 11 is 3.38. The van der Waals surface area contributed by atoms with Crippen LogP contribution in [-0.2, 0) is 12.8 Å². The van der Waals surface area contributed by atoms with Crippen LogP contribution >= 0.6 is 22.7 Å². The van der Waals surface area contributed by atoms with E-state index in [0.29, 0.717) is 0 Å². The molecule has 0 saturated carbocycles. The van der Waals surface area contributed by atoms with Crippen LogP contribution in [0.2, 0.25) is 0 Å². The van der Waals surface area contributed by atoms with E-state index < -0.39 is 0 Å².